The summed E-state index contributed by atoms with van der Waals surface area (Å²) in [5, 5.41) is 2.66. The smallest absolute Gasteiger partial charge is 0.334 e. The number of anilines is 5. The standard InChI is InChI=1S/C63H59BN2S/c1-9-10-19-42-26-28-53(48(34-42)43-20-13-11-14-21-43)65-54-29-27-47-46-24-17-18-25-57(46)67-61(47)60(54)64-59-50(35-44(36-56(59)65)58-40(3)32-39(2)33-41(58)4)49-37-51-52(63(7,8)31-30-62(51,5)6)38-55(49)66(64)45-22-15-12-16-23-45/h11-18,20-29,32-38H,9-10,19,30-31H2,1-8H3. The summed E-state index contributed by atoms with van der Waals surface area (Å²) in [5.41, 5.74) is 25.2. The SMILES string of the molecule is CCCCc1ccc(N2c3cc(-c4c(C)cc(C)cc4C)cc4c3B(c3c2ccc2c3sc3ccccc32)N(c2ccccc2)c2cc3c(cc2-4)C(C)(C)CCC3(C)C)c(-c2ccccc2)c1. The van der Waals surface area contributed by atoms with Gasteiger partial charge in [-0.2, -0.15) is 0 Å². The van der Waals surface area contributed by atoms with Gasteiger partial charge in [0.1, 0.15) is 0 Å². The second-order valence-electron chi connectivity index (χ2n) is 21.2. The lowest BCUT2D eigenvalue weighted by atomic mass is 9.43. The average molecular weight is 887 g/mol. The number of nitrogens with zero attached hydrogens (tertiary/aromatic N) is 2. The predicted octanol–water partition coefficient (Wildman–Crippen LogP) is 16.7. The number of hydrogen-bond acceptors (Lipinski definition) is 3. The summed E-state index contributed by atoms with van der Waals surface area (Å²) in [5.74, 6) is 0. The minimum Gasteiger partial charge on any atom is -0.376 e. The fraction of sp³-hybridized carbons (Fsp3) is 0.238. The van der Waals surface area contributed by atoms with Crippen molar-refractivity contribution in [2.24, 2.45) is 0 Å². The maximum atomic E-state index is 2.74. The van der Waals surface area contributed by atoms with E-state index in [1.54, 1.807) is 0 Å². The fourth-order valence-corrected chi connectivity index (χ4v) is 13.6. The van der Waals surface area contributed by atoms with Crippen LogP contribution < -0.4 is 20.6 Å². The second kappa shape index (κ2) is 15.6. The van der Waals surface area contributed by atoms with E-state index >= 15 is 0 Å². The van der Waals surface area contributed by atoms with Crippen LogP contribution >= 0.6 is 11.3 Å². The highest BCUT2D eigenvalue weighted by Gasteiger charge is 2.48. The molecule has 2 aliphatic heterocycles. The van der Waals surface area contributed by atoms with Crippen molar-refractivity contribution in [1.29, 1.82) is 0 Å². The number of hydrogen-bond donors (Lipinski definition) is 0. The van der Waals surface area contributed by atoms with E-state index in [2.05, 4.69) is 217 Å². The monoisotopic (exact) mass is 886 g/mol. The Balaban J connectivity index is 1.28. The molecule has 0 N–H and O–H groups in total. The van der Waals surface area contributed by atoms with Gasteiger partial charge >= 0.3 is 6.85 Å². The molecular formula is C63H59BN2S. The number of thiophene rings is 1. The first kappa shape index (κ1) is 42.0. The Morgan fingerprint density at radius 3 is 1.96 bits per heavy atom. The molecule has 3 aliphatic rings. The zero-order valence-corrected chi connectivity index (χ0v) is 41.2. The Morgan fingerprint density at radius 2 is 1.22 bits per heavy atom. The van der Waals surface area contributed by atoms with Crippen molar-refractivity contribution < 1.29 is 0 Å². The number of benzene rings is 8. The maximum absolute atomic E-state index is 2.74. The Morgan fingerprint density at radius 1 is 0.552 bits per heavy atom. The topological polar surface area (TPSA) is 6.48 Å². The van der Waals surface area contributed by atoms with Gasteiger partial charge < -0.3 is 9.71 Å². The van der Waals surface area contributed by atoms with E-state index in [0.717, 1.165) is 12.8 Å². The predicted molar refractivity (Wildman–Crippen MR) is 292 cm³/mol. The molecule has 9 aromatic rings. The Labute approximate surface area is 402 Å². The van der Waals surface area contributed by atoms with Crippen LogP contribution in [-0.2, 0) is 17.3 Å². The molecule has 3 heterocycles. The van der Waals surface area contributed by atoms with E-state index in [1.165, 1.54) is 146 Å². The number of unbranched alkanes of at least 4 members (excludes halogenated alkanes) is 1. The van der Waals surface area contributed by atoms with Crippen LogP contribution in [0.3, 0.4) is 0 Å². The first-order valence-electron chi connectivity index (χ1n) is 24.6. The normalized spacial score (nSPS) is 15.4. The zero-order valence-electron chi connectivity index (χ0n) is 40.3. The van der Waals surface area contributed by atoms with Crippen LogP contribution in [0, 0.1) is 20.8 Å². The van der Waals surface area contributed by atoms with Crippen LogP contribution in [0.2, 0.25) is 0 Å². The number of fused-ring (bicyclic) bond motifs is 9. The van der Waals surface area contributed by atoms with Crippen molar-refractivity contribution in [2.75, 3.05) is 9.71 Å². The van der Waals surface area contributed by atoms with Crippen molar-refractivity contribution in [2.45, 2.75) is 98.3 Å². The van der Waals surface area contributed by atoms with Crippen LogP contribution in [0.25, 0.3) is 53.6 Å². The third-order valence-electron chi connectivity index (χ3n) is 15.7. The van der Waals surface area contributed by atoms with E-state index in [4.69, 9.17) is 0 Å². The molecule has 1 aromatic heterocycles. The van der Waals surface area contributed by atoms with Gasteiger partial charge in [-0.1, -0.05) is 138 Å². The first-order chi connectivity index (χ1) is 32.4. The molecule has 1 aliphatic carbocycles. The van der Waals surface area contributed by atoms with Crippen LogP contribution in [0.1, 0.15) is 93.7 Å². The fourth-order valence-electron chi connectivity index (χ4n) is 12.4. The van der Waals surface area contributed by atoms with Crippen LogP contribution in [0.5, 0.6) is 0 Å². The highest BCUT2D eigenvalue weighted by molar-refractivity contribution is 7.27. The molecule has 0 bridgehead atoms. The van der Waals surface area contributed by atoms with Gasteiger partial charge in [-0.05, 0) is 179 Å². The summed E-state index contributed by atoms with van der Waals surface area (Å²) in [4.78, 5) is 5.43. The van der Waals surface area contributed by atoms with Gasteiger partial charge in [0, 0.05) is 54.0 Å². The number of para-hydroxylation sites is 1. The summed E-state index contributed by atoms with van der Waals surface area (Å²) in [6.07, 6.45) is 5.73. The molecule has 8 aromatic carbocycles. The molecule has 0 fully saturated rings. The van der Waals surface area contributed by atoms with Gasteiger partial charge in [-0.25, -0.2) is 0 Å². The average Bonchev–Trinajstić information content (AvgIpc) is 3.71. The maximum Gasteiger partial charge on any atom is 0.334 e. The zero-order chi connectivity index (χ0) is 45.9. The Kier molecular flexibility index (Phi) is 9.79. The summed E-state index contributed by atoms with van der Waals surface area (Å²) in [6, 6.07) is 58.9. The molecule has 0 saturated carbocycles. The van der Waals surface area contributed by atoms with E-state index in [1.807, 2.05) is 11.3 Å². The molecular weight excluding hydrogens is 828 g/mol. The second-order valence-corrected chi connectivity index (χ2v) is 22.2. The molecule has 2 nitrogen and oxygen atoms in total. The number of aryl methyl sites for hydroxylation is 4. The largest absolute Gasteiger partial charge is 0.376 e. The quantitative estimate of drug-likeness (QED) is 0.147. The van der Waals surface area contributed by atoms with Crippen LogP contribution in [0.4, 0.5) is 28.4 Å². The van der Waals surface area contributed by atoms with Crippen LogP contribution in [-0.4, -0.2) is 6.85 Å². The molecule has 0 saturated heterocycles. The van der Waals surface area contributed by atoms with E-state index in [9.17, 15) is 0 Å². The Bertz CT molecular complexity index is 3430. The van der Waals surface area contributed by atoms with Crippen molar-refractivity contribution in [3.63, 3.8) is 0 Å². The molecule has 0 radical (unpaired) electrons. The van der Waals surface area contributed by atoms with Crippen molar-refractivity contribution in [1.82, 2.24) is 0 Å². The summed E-state index contributed by atoms with van der Waals surface area (Å²) in [7, 11) is 0. The minimum atomic E-state index is -0.0982. The van der Waals surface area contributed by atoms with Crippen molar-refractivity contribution >= 4 is 77.7 Å². The number of rotatable bonds is 7. The molecule has 0 amide bonds. The van der Waals surface area contributed by atoms with Gasteiger partial charge in [0.2, 0.25) is 0 Å². The minimum absolute atomic E-state index is 0.0437. The molecule has 4 heteroatoms. The lowest BCUT2D eigenvalue weighted by molar-refractivity contribution is 0.332. The lowest BCUT2D eigenvalue weighted by Gasteiger charge is -2.48. The summed E-state index contributed by atoms with van der Waals surface area (Å²) < 4.78 is 2.69. The van der Waals surface area contributed by atoms with Crippen molar-refractivity contribution in [3.05, 3.63) is 185 Å². The van der Waals surface area contributed by atoms with Gasteiger partial charge in [-0.15, -0.1) is 11.3 Å². The van der Waals surface area contributed by atoms with E-state index < -0.39 is 0 Å². The molecule has 67 heavy (non-hydrogen) atoms. The van der Waals surface area contributed by atoms with Gasteiger partial charge in [0.15, 0.2) is 0 Å². The van der Waals surface area contributed by atoms with E-state index in [-0.39, 0.29) is 17.7 Å². The Hall–Kier alpha value is -6.36. The van der Waals surface area contributed by atoms with Crippen molar-refractivity contribution in [3.8, 4) is 33.4 Å². The van der Waals surface area contributed by atoms with E-state index in [0.29, 0.717) is 0 Å². The molecule has 330 valence electrons. The highest BCUT2D eigenvalue weighted by Crippen LogP contribution is 2.55. The highest BCUT2D eigenvalue weighted by atomic mass is 32.1. The van der Waals surface area contributed by atoms with Gasteiger partial charge in [-0.3, -0.25) is 0 Å². The van der Waals surface area contributed by atoms with Gasteiger partial charge in [0.25, 0.3) is 0 Å². The first-order valence-corrected chi connectivity index (χ1v) is 25.5. The molecule has 12 rings (SSSR count). The third kappa shape index (κ3) is 6.57. The van der Waals surface area contributed by atoms with Gasteiger partial charge in [0.05, 0.1) is 5.69 Å². The molecule has 0 atom stereocenters. The lowest BCUT2D eigenvalue weighted by Crippen LogP contribution is -2.61. The van der Waals surface area contributed by atoms with Crippen LogP contribution in [0.15, 0.2) is 152 Å². The molecule has 0 unspecified atom stereocenters. The summed E-state index contributed by atoms with van der Waals surface area (Å²) >= 11 is 1.96. The molecule has 0 spiro atoms. The third-order valence-corrected chi connectivity index (χ3v) is 17.0. The summed E-state index contributed by atoms with van der Waals surface area (Å²) in [6.45, 7) is 18.9.